The summed E-state index contributed by atoms with van der Waals surface area (Å²) in [5.41, 5.74) is 1.79. The summed E-state index contributed by atoms with van der Waals surface area (Å²) in [6.45, 7) is 0. The number of aromatic nitrogens is 1. The molecule has 2 aromatic carbocycles. The molecule has 0 bridgehead atoms. The van der Waals surface area contributed by atoms with Crippen LogP contribution in [0.25, 0.3) is 10.6 Å². The van der Waals surface area contributed by atoms with Crippen molar-refractivity contribution in [3.8, 4) is 16.3 Å². The van der Waals surface area contributed by atoms with Crippen LogP contribution in [0.1, 0.15) is 31.3 Å². The SMILES string of the molecule is COc1cccc2c1C(=O)c1nc(-c3ccccc3)sc1C2=O. The molecule has 23 heavy (non-hydrogen) atoms. The minimum atomic E-state index is -0.259. The summed E-state index contributed by atoms with van der Waals surface area (Å²) in [6, 6.07) is 14.6. The molecule has 5 heteroatoms. The van der Waals surface area contributed by atoms with E-state index in [9.17, 15) is 9.59 Å². The number of fused-ring (bicyclic) bond motifs is 2. The van der Waals surface area contributed by atoms with Crippen LogP contribution < -0.4 is 4.74 Å². The highest BCUT2D eigenvalue weighted by Crippen LogP contribution is 2.37. The van der Waals surface area contributed by atoms with Crippen LogP contribution in [0.15, 0.2) is 48.5 Å². The lowest BCUT2D eigenvalue weighted by Gasteiger charge is -2.15. The van der Waals surface area contributed by atoms with Gasteiger partial charge in [-0.2, -0.15) is 0 Å². The van der Waals surface area contributed by atoms with Crippen LogP contribution in [0.3, 0.4) is 0 Å². The van der Waals surface area contributed by atoms with Gasteiger partial charge < -0.3 is 4.74 Å². The fourth-order valence-electron chi connectivity index (χ4n) is 2.70. The predicted octanol–water partition coefficient (Wildman–Crippen LogP) is 3.59. The lowest BCUT2D eigenvalue weighted by atomic mass is 9.90. The van der Waals surface area contributed by atoms with Crippen molar-refractivity contribution >= 4 is 22.9 Å². The first-order valence-corrected chi connectivity index (χ1v) is 7.85. The Morgan fingerprint density at radius 2 is 1.74 bits per heavy atom. The highest BCUT2D eigenvalue weighted by molar-refractivity contribution is 7.17. The maximum atomic E-state index is 12.8. The quantitative estimate of drug-likeness (QED) is 0.566. The Bertz CT molecular complexity index is 944. The molecule has 3 aromatic rings. The molecule has 0 saturated heterocycles. The first-order valence-electron chi connectivity index (χ1n) is 7.03. The largest absolute Gasteiger partial charge is 0.496 e. The third-order valence-corrected chi connectivity index (χ3v) is 4.89. The lowest BCUT2D eigenvalue weighted by molar-refractivity contribution is 0.0976. The Hall–Kier alpha value is -2.79. The number of methoxy groups -OCH3 is 1. The van der Waals surface area contributed by atoms with Crippen molar-refractivity contribution in [2.75, 3.05) is 7.11 Å². The van der Waals surface area contributed by atoms with Gasteiger partial charge in [-0.3, -0.25) is 9.59 Å². The Labute approximate surface area is 136 Å². The van der Waals surface area contributed by atoms with E-state index in [0.29, 0.717) is 26.8 Å². The molecular formula is C18H11NO3S. The second-order valence-electron chi connectivity index (χ2n) is 5.10. The lowest BCUT2D eigenvalue weighted by Crippen LogP contribution is -2.20. The van der Waals surface area contributed by atoms with E-state index in [1.807, 2.05) is 30.3 Å². The molecular weight excluding hydrogens is 310 g/mol. The predicted molar refractivity (Wildman–Crippen MR) is 87.4 cm³/mol. The van der Waals surface area contributed by atoms with E-state index in [-0.39, 0.29) is 17.3 Å². The van der Waals surface area contributed by atoms with Crippen molar-refractivity contribution in [3.05, 3.63) is 70.2 Å². The number of rotatable bonds is 2. The fraction of sp³-hybridized carbons (Fsp3) is 0.0556. The normalized spacial score (nSPS) is 12.7. The second kappa shape index (κ2) is 5.14. The Morgan fingerprint density at radius 3 is 2.48 bits per heavy atom. The van der Waals surface area contributed by atoms with Gasteiger partial charge in [-0.25, -0.2) is 4.98 Å². The molecule has 0 aliphatic heterocycles. The number of carbonyl (C=O) groups is 2. The van der Waals surface area contributed by atoms with Crippen LogP contribution in [0.2, 0.25) is 0 Å². The van der Waals surface area contributed by atoms with Gasteiger partial charge in [-0.1, -0.05) is 36.4 Å². The summed E-state index contributed by atoms with van der Waals surface area (Å²) in [7, 11) is 1.49. The summed E-state index contributed by atoms with van der Waals surface area (Å²) in [4.78, 5) is 30.3. The topological polar surface area (TPSA) is 56.3 Å². The van der Waals surface area contributed by atoms with Gasteiger partial charge in [0, 0.05) is 11.1 Å². The molecule has 0 atom stereocenters. The smallest absolute Gasteiger partial charge is 0.217 e. The van der Waals surface area contributed by atoms with Crippen LogP contribution in [-0.4, -0.2) is 23.7 Å². The van der Waals surface area contributed by atoms with Gasteiger partial charge in [0.05, 0.1) is 12.7 Å². The van der Waals surface area contributed by atoms with Gasteiger partial charge >= 0.3 is 0 Å². The van der Waals surface area contributed by atoms with Crippen LogP contribution >= 0.6 is 11.3 Å². The third kappa shape index (κ3) is 2.01. The molecule has 0 amide bonds. The van der Waals surface area contributed by atoms with Crippen molar-refractivity contribution in [3.63, 3.8) is 0 Å². The molecule has 0 fully saturated rings. The van der Waals surface area contributed by atoms with Gasteiger partial charge in [0.1, 0.15) is 21.3 Å². The first kappa shape index (κ1) is 13.8. The van der Waals surface area contributed by atoms with Crippen molar-refractivity contribution in [1.82, 2.24) is 4.98 Å². The van der Waals surface area contributed by atoms with Crippen molar-refractivity contribution < 1.29 is 14.3 Å². The number of hydrogen-bond donors (Lipinski definition) is 0. The number of ether oxygens (including phenoxy) is 1. The number of benzene rings is 2. The van der Waals surface area contributed by atoms with Crippen molar-refractivity contribution in [2.24, 2.45) is 0 Å². The Balaban J connectivity index is 1.92. The van der Waals surface area contributed by atoms with Crippen LogP contribution in [0, 0.1) is 0 Å². The average Bonchev–Trinajstić information content (AvgIpc) is 3.05. The summed E-state index contributed by atoms with van der Waals surface area (Å²) in [6.07, 6.45) is 0. The summed E-state index contributed by atoms with van der Waals surface area (Å²) < 4.78 is 5.24. The zero-order valence-corrected chi connectivity index (χ0v) is 13.0. The van der Waals surface area contributed by atoms with E-state index in [0.717, 1.165) is 5.56 Å². The third-order valence-electron chi connectivity index (χ3n) is 3.79. The molecule has 1 aliphatic carbocycles. The molecule has 0 unspecified atom stereocenters. The second-order valence-corrected chi connectivity index (χ2v) is 6.10. The van der Waals surface area contributed by atoms with Crippen molar-refractivity contribution in [1.29, 1.82) is 0 Å². The minimum Gasteiger partial charge on any atom is -0.496 e. The summed E-state index contributed by atoms with van der Waals surface area (Å²) >= 11 is 1.26. The maximum absolute atomic E-state index is 12.8. The molecule has 1 heterocycles. The van der Waals surface area contributed by atoms with Gasteiger partial charge in [-0.15, -0.1) is 11.3 Å². The first-order chi connectivity index (χ1) is 11.2. The van der Waals surface area contributed by atoms with Crippen LogP contribution in [-0.2, 0) is 0 Å². The molecule has 4 rings (SSSR count). The number of hydrogen-bond acceptors (Lipinski definition) is 5. The molecule has 0 radical (unpaired) electrons. The number of carbonyl (C=O) groups excluding carboxylic acids is 2. The van der Waals surface area contributed by atoms with E-state index in [1.54, 1.807) is 18.2 Å². The van der Waals surface area contributed by atoms with E-state index in [1.165, 1.54) is 18.4 Å². The van der Waals surface area contributed by atoms with Gasteiger partial charge in [0.2, 0.25) is 11.6 Å². The monoisotopic (exact) mass is 321 g/mol. The standard InChI is InChI=1S/C18H11NO3S/c1-22-12-9-5-8-11-13(12)16(21)14-17(15(11)20)23-18(19-14)10-6-3-2-4-7-10/h2-9H,1H3. The zero-order valence-electron chi connectivity index (χ0n) is 12.2. The van der Waals surface area contributed by atoms with Gasteiger partial charge in [-0.05, 0) is 12.1 Å². The van der Waals surface area contributed by atoms with E-state index >= 15 is 0 Å². The zero-order chi connectivity index (χ0) is 16.0. The Morgan fingerprint density at radius 1 is 0.957 bits per heavy atom. The van der Waals surface area contributed by atoms with Crippen LogP contribution in [0.5, 0.6) is 5.75 Å². The molecule has 0 saturated carbocycles. The number of ketones is 2. The summed E-state index contributed by atoms with van der Waals surface area (Å²) in [5.74, 6) is -0.0283. The van der Waals surface area contributed by atoms with E-state index in [4.69, 9.17) is 4.74 Å². The highest BCUT2D eigenvalue weighted by Gasteiger charge is 2.35. The van der Waals surface area contributed by atoms with Gasteiger partial charge in [0.25, 0.3) is 0 Å². The summed E-state index contributed by atoms with van der Waals surface area (Å²) in [5, 5.41) is 0.670. The fourth-order valence-corrected chi connectivity index (χ4v) is 3.72. The molecule has 1 aliphatic rings. The highest BCUT2D eigenvalue weighted by atomic mass is 32.1. The minimum absolute atomic E-state index is 0.173. The number of nitrogens with zero attached hydrogens (tertiary/aromatic N) is 1. The van der Waals surface area contributed by atoms with E-state index in [2.05, 4.69) is 4.98 Å². The number of thiazole rings is 1. The molecule has 0 N–H and O–H groups in total. The molecule has 4 nitrogen and oxygen atoms in total. The maximum Gasteiger partial charge on any atom is 0.217 e. The van der Waals surface area contributed by atoms with Crippen LogP contribution in [0.4, 0.5) is 0 Å². The molecule has 0 spiro atoms. The van der Waals surface area contributed by atoms with E-state index < -0.39 is 0 Å². The average molecular weight is 321 g/mol. The molecule has 1 aromatic heterocycles. The van der Waals surface area contributed by atoms with Crippen molar-refractivity contribution in [2.45, 2.75) is 0 Å². The molecule has 112 valence electrons. The van der Waals surface area contributed by atoms with Gasteiger partial charge in [0.15, 0.2) is 0 Å². The Kier molecular flexibility index (Phi) is 3.09.